The Morgan fingerprint density at radius 2 is 1.70 bits per heavy atom. The Balaban J connectivity index is 1.54. The van der Waals surface area contributed by atoms with Crippen LogP contribution in [0.3, 0.4) is 0 Å². The molecule has 3 fully saturated rings. The minimum Gasteiger partial charge on any atom is -0.508 e. The minimum absolute atomic E-state index is 0.0180. The lowest BCUT2D eigenvalue weighted by molar-refractivity contribution is -0.274. The molecular weight excluding hydrogens is 573 g/mol. The van der Waals surface area contributed by atoms with E-state index in [1.807, 2.05) is 0 Å². The van der Waals surface area contributed by atoms with Crippen LogP contribution in [-0.4, -0.2) is 53.2 Å². The largest absolute Gasteiger partial charge is 0.573 e. The molecule has 6 atom stereocenters. The van der Waals surface area contributed by atoms with Crippen LogP contribution in [0.25, 0.3) is 0 Å². The number of methoxy groups -OCH3 is 1. The number of para-hydroxylation sites is 1. The number of amides is 5. The molecule has 0 aromatic heterocycles. The van der Waals surface area contributed by atoms with Gasteiger partial charge in [-0.2, -0.15) is 4.90 Å². The fourth-order valence-electron chi connectivity index (χ4n) is 7.41. The molecule has 0 unspecified atom stereocenters. The summed E-state index contributed by atoms with van der Waals surface area (Å²) in [6, 6.07) is 11.0. The number of fused-ring (bicyclic) bond motifs is 4. The van der Waals surface area contributed by atoms with E-state index in [0.717, 1.165) is 30.2 Å². The molecule has 5 amide bonds. The van der Waals surface area contributed by atoms with Crippen molar-refractivity contribution >= 4 is 35.4 Å². The number of halogens is 3. The molecule has 43 heavy (non-hydrogen) atoms. The number of carbonyl (C=O) groups excluding carboxylic acids is 5. The van der Waals surface area contributed by atoms with E-state index in [1.54, 1.807) is 36.4 Å². The van der Waals surface area contributed by atoms with Crippen molar-refractivity contribution in [1.29, 1.82) is 0 Å². The normalized spacial score (nSPS) is 30.1. The van der Waals surface area contributed by atoms with E-state index in [9.17, 15) is 42.3 Å². The first kappa shape index (κ1) is 28.4. The van der Waals surface area contributed by atoms with Crippen molar-refractivity contribution in [3.05, 3.63) is 65.7 Å². The minimum atomic E-state index is -5.05. The van der Waals surface area contributed by atoms with Crippen LogP contribution in [0.15, 0.2) is 60.2 Å². The van der Waals surface area contributed by atoms with Crippen LogP contribution >= 0.6 is 0 Å². The molecule has 1 saturated carbocycles. The molecule has 4 aliphatic rings. The van der Waals surface area contributed by atoms with Gasteiger partial charge in [0.25, 0.3) is 0 Å². The van der Waals surface area contributed by atoms with Crippen LogP contribution in [0.4, 0.5) is 23.7 Å². The number of phenolic OH excluding ortho intramolecular Hbond substituents is 1. The van der Waals surface area contributed by atoms with Gasteiger partial charge < -0.3 is 14.6 Å². The molecule has 1 N–H and O–H groups in total. The van der Waals surface area contributed by atoms with Crippen LogP contribution in [0.2, 0.25) is 0 Å². The van der Waals surface area contributed by atoms with Gasteiger partial charge in [0.2, 0.25) is 23.6 Å². The van der Waals surface area contributed by atoms with Gasteiger partial charge in [0, 0.05) is 11.5 Å². The third-order valence-electron chi connectivity index (χ3n) is 9.19. The Labute approximate surface area is 242 Å². The quantitative estimate of drug-likeness (QED) is 0.409. The Morgan fingerprint density at radius 3 is 2.35 bits per heavy atom. The highest BCUT2D eigenvalue weighted by Gasteiger charge is 2.68. The van der Waals surface area contributed by atoms with E-state index >= 15 is 0 Å². The number of allylic oxidation sites excluding steroid dienone is 2. The highest BCUT2D eigenvalue weighted by molar-refractivity contribution is 6.24. The van der Waals surface area contributed by atoms with E-state index in [-0.39, 0.29) is 24.1 Å². The predicted molar refractivity (Wildman–Crippen MR) is 140 cm³/mol. The van der Waals surface area contributed by atoms with E-state index in [4.69, 9.17) is 0 Å². The van der Waals surface area contributed by atoms with Gasteiger partial charge in [-0.1, -0.05) is 29.8 Å². The van der Waals surface area contributed by atoms with Crippen molar-refractivity contribution in [2.45, 2.75) is 32.0 Å². The number of ether oxygens (including phenoxy) is 2. The fourth-order valence-corrected chi connectivity index (χ4v) is 7.41. The van der Waals surface area contributed by atoms with Crippen LogP contribution in [-0.2, 0) is 23.9 Å². The van der Waals surface area contributed by atoms with Crippen LogP contribution < -0.4 is 9.64 Å². The first-order valence-corrected chi connectivity index (χ1v) is 13.5. The molecule has 2 aromatic carbocycles. The summed E-state index contributed by atoms with van der Waals surface area (Å²) < 4.78 is 48.3. The molecular formula is C30H25F3N2O8. The third-order valence-corrected chi connectivity index (χ3v) is 9.19. The van der Waals surface area contributed by atoms with Gasteiger partial charge in [0.1, 0.15) is 11.5 Å². The van der Waals surface area contributed by atoms with Crippen molar-refractivity contribution in [3.8, 4) is 11.5 Å². The molecule has 2 aliphatic heterocycles. The van der Waals surface area contributed by atoms with Crippen molar-refractivity contribution in [3.63, 3.8) is 0 Å². The number of hydrogen-bond acceptors (Lipinski definition) is 8. The highest BCUT2D eigenvalue weighted by Crippen LogP contribution is 2.64. The number of rotatable bonds is 3. The zero-order valence-corrected chi connectivity index (χ0v) is 22.8. The number of hydrogen-bond donors (Lipinski definition) is 1. The summed E-state index contributed by atoms with van der Waals surface area (Å²) in [4.78, 5) is 68.8. The molecule has 2 heterocycles. The Morgan fingerprint density at radius 1 is 1.00 bits per heavy atom. The van der Waals surface area contributed by atoms with Crippen LogP contribution in [0.5, 0.6) is 11.5 Å². The van der Waals surface area contributed by atoms with Gasteiger partial charge in [-0.3, -0.25) is 19.2 Å². The zero-order chi connectivity index (χ0) is 31.0. The van der Waals surface area contributed by atoms with E-state index in [2.05, 4.69) is 9.47 Å². The summed E-state index contributed by atoms with van der Waals surface area (Å²) in [6.45, 7) is 1.52. The number of anilines is 1. The fraction of sp³-hybridized carbons (Fsp3) is 0.367. The maximum absolute atomic E-state index is 14.3. The van der Waals surface area contributed by atoms with Crippen molar-refractivity contribution < 1.29 is 51.7 Å². The van der Waals surface area contributed by atoms with Gasteiger partial charge >= 0.3 is 12.5 Å². The van der Waals surface area contributed by atoms with Crippen LogP contribution in [0.1, 0.15) is 31.2 Å². The predicted octanol–water partition coefficient (Wildman–Crippen LogP) is 4.29. The number of nitrogens with zero attached hydrogens (tertiary/aromatic N) is 2. The second kappa shape index (κ2) is 9.68. The summed E-state index contributed by atoms with van der Waals surface area (Å²) in [5.41, 5.74) is -1.03. The first-order valence-electron chi connectivity index (χ1n) is 13.5. The molecule has 6 rings (SSSR count). The number of carbonyl (C=O) groups is 5. The molecule has 2 aromatic rings. The first-order chi connectivity index (χ1) is 20.3. The van der Waals surface area contributed by atoms with E-state index < -0.39 is 82.6 Å². The van der Waals surface area contributed by atoms with Gasteiger partial charge in [-0.15, -0.1) is 13.2 Å². The van der Waals surface area contributed by atoms with Crippen molar-refractivity contribution in [2.24, 2.45) is 29.1 Å². The van der Waals surface area contributed by atoms with Gasteiger partial charge in [0.05, 0.1) is 36.0 Å². The second-order valence-electron chi connectivity index (χ2n) is 11.2. The maximum Gasteiger partial charge on any atom is 0.573 e. The lowest BCUT2D eigenvalue weighted by Crippen LogP contribution is -2.49. The lowest BCUT2D eigenvalue weighted by Gasteiger charge is -2.49. The number of benzene rings is 2. The molecule has 10 nitrogen and oxygen atoms in total. The van der Waals surface area contributed by atoms with Gasteiger partial charge in [-0.25, -0.2) is 9.69 Å². The molecule has 224 valence electrons. The molecule has 13 heteroatoms. The third kappa shape index (κ3) is 4.12. The maximum atomic E-state index is 14.3. The second-order valence-corrected chi connectivity index (χ2v) is 11.2. The van der Waals surface area contributed by atoms with E-state index in [1.165, 1.54) is 6.92 Å². The summed E-state index contributed by atoms with van der Waals surface area (Å²) in [5.74, 6) is -9.08. The Kier molecular flexibility index (Phi) is 6.40. The number of imide groups is 4. The summed E-state index contributed by atoms with van der Waals surface area (Å²) in [6.07, 6.45) is -4.65. The summed E-state index contributed by atoms with van der Waals surface area (Å²) in [7, 11) is 1.02. The Bertz CT molecular complexity index is 1610. The monoisotopic (exact) mass is 598 g/mol. The Hall–Kier alpha value is -4.68. The van der Waals surface area contributed by atoms with Crippen molar-refractivity contribution in [2.75, 3.05) is 12.0 Å². The molecule has 0 spiro atoms. The standard InChI is InChI=1S/C30H25F3N2O8/c1-29-20(25(38)34(27(29)40)14-6-4-3-5-7-14)13-18-16(9-10-17-22(18)26(39)35(24(17)37)28(41)42-2)23(29)19-12-15(8-11-21(19)36)43-30(31,32)33/h3-9,11-12,17-18,20,22-23,36H,10,13H2,1-2H3/t17-,18+,20-,22-,23+,29+/m0/s1. The number of phenols is 1. The number of aromatic hydroxyl groups is 1. The van der Waals surface area contributed by atoms with Crippen LogP contribution in [0, 0.1) is 29.1 Å². The molecule has 0 bridgehead atoms. The average molecular weight is 599 g/mol. The molecule has 0 radical (unpaired) electrons. The van der Waals surface area contributed by atoms with Crippen molar-refractivity contribution in [1.82, 2.24) is 4.90 Å². The number of likely N-dealkylation sites (tertiary alicyclic amines) is 1. The SMILES string of the molecule is COC(=O)N1C(=O)[C@H]2[C@H](CC=C3[C@H]2C[C@H]2C(=O)N(c4ccccc4)C(=O)[C@@]2(C)[C@H]3c2cc(OC(F)(F)F)ccc2O)C1=O. The zero-order valence-electron chi connectivity index (χ0n) is 22.8. The number of alkyl halides is 3. The summed E-state index contributed by atoms with van der Waals surface area (Å²) in [5, 5.41) is 11.0. The molecule has 2 saturated heterocycles. The lowest BCUT2D eigenvalue weighted by atomic mass is 9.51. The van der Waals surface area contributed by atoms with E-state index in [0.29, 0.717) is 10.5 Å². The highest BCUT2D eigenvalue weighted by atomic mass is 19.4. The summed E-state index contributed by atoms with van der Waals surface area (Å²) >= 11 is 0. The topological polar surface area (TPSA) is 131 Å². The average Bonchev–Trinajstić information content (AvgIpc) is 3.33. The smallest absolute Gasteiger partial charge is 0.508 e. The van der Waals surface area contributed by atoms with Gasteiger partial charge in [-0.05, 0) is 56.0 Å². The van der Waals surface area contributed by atoms with Gasteiger partial charge in [0.15, 0.2) is 0 Å². The molecule has 2 aliphatic carbocycles.